The average molecular weight is 592 g/mol. The number of urea groups is 1. The van der Waals surface area contributed by atoms with Gasteiger partial charge in [-0.25, -0.2) is 22.4 Å². The monoisotopic (exact) mass is 591 g/mol. The van der Waals surface area contributed by atoms with Crippen LogP contribution in [-0.4, -0.2) is 79.1 Å². The maximum atomic E-state index is 12.5. The van der Waals surface area contributed by atoms with Gasteiger partial charge in [0.25, 0.3) is 5.91 Å². The number of carbonyl (C=O) groups excluding carboxylic acids is 2. The molecule has 4 N–H and O–H groups in total. The third kappa shape index (κ3) is 9.79. The molecule has 11 nitrogen and oxygen atoms in total. The summed E-state index contributed by atoms with van der Waals surface area (Å²) in [7, 11) is -3.80. The lowest BCUT2D eigenvalue weighted by Crippen LogP contribution is -2.36. The van der Waals surface area contributed by atoms with Crippen molar-refractivity contribution < 1.29 is 38.1 Å². The zero-order valence-corrected chi connectivity index (χ0v) is 24.3. The van der Waals surface area contributed by atoms with Crippen LogP contribution in [0.15, 0.2) is 42.5 Å². The van der Waals surface area contributed by atoms with Gasteiger partial charge in [0, 0.05) is 25.3 Å². The van der Waals surface area contributed by atoms with Crippen molar-refractivity contribution in [2.24, 2.45) is 0 Å². The Kier molecular flexibility index (Phi) is 12.5. The molecule has 2 aromatic carbocycles. The molecule has 0 radical (unpaired) electrons. The van der Waals surface area contributed by atoms with E-state index in [-0.39, 0.29) is 12.4 Å². The lowest BCUT2D eigenvalue weighted by molar-refractivity contribution is -0.116. The Bertz CT molecular complexity index is 1270. The van der Waals surface area contributed by atoms with Crippen LogP contribution in [0.4, 0.5) is 10.5 Å². The van der Waals surface area contributed by atoms with Gasteiger partial charge >= 0.3 is 6.03 Å². The molecule has 1 heterocycles. The first-order chi connectivity index (χ1) is 19.6. The minimum absolute atomic E-state index is 0.0208. The van der Waals surface area contributed by atoms with Gasteiger partial charge in [-0.15, -0.1) is 0 Å². The maximum Gasteiger partial charge on any atom is 0.345 e. The zero-order chi connectivity index (χ0) is 29.8. The predicted molar refractivity (Wildman–Crippen MR) is 155 cm³/mol. The molecule has 1 saturated heterocycles. The van der Waals surface area contributed by atoms with Gasteiger partial charge in [0.05, 0.1) is 24.7 Å². The average Bonchev–Trinajstić information content (AvgIpc) is 3.25. The highest BCUT2D eigenvalue weighted by Crippen LogP contribution is 2.25. The van der Waals surface area contributed by atoms with E-state index in [9.17, 15) is 33.3 Å². The topological polar surface area (TPSA) is 157 Å². The molecule has 1 aliphatic rings. The summed E-state index contributed by atoms with van der Waals surface area (Å²) in [6.07, 6.45) is 6.93. The second-order valence-electron chi connectivity index (χ2n) is 10.2. The number of sulfonamides is 1. The van der Waals surface area contributed by atoms with E-state index >= 15 is 0 Å². The number of ether oxygens (including phenoxy) is 1. The van der Waals surface area contributed by atoms with Crippen molar-refractivity contribution in [3.63, 3.8) is 0 Å². The molecule has 12 heteroatoms. The number of aryl methyl sites for hydroxylation is 1. The quantitative estimate of drug-likeness (QED) is 0.151. The maximum absolute atomic E-state index is 12.5. The number of aliphatic hydroxyl groups excluding tert-OH is 2. The molecular formula is C29H41N3O8S. The van der Waals surface area contributed by atoms with Crippen LogP contribution in [0.1, 0.15) is 61.3 Å². The summed E-state index contributed by atoms with van der Waals surface area (Å²) < 4.78 is 29.8. The molecule has 0 bridgehead atoms. The van der Waals surface area contributed by atoms with Gasteiger partial charge in [-0.1, -0.05) is 37.5 Å². The summed E-state index contributed by atoms with van der Waals surface area (Å²) in [6.45, 7) is 1.74. The number of carbonyl (C=O) groups is 2. The van der Waals surface area contributed by atoms with Crippen LogP contribution in [0.3, 0.4) is 0 Å². The molecule has 1 fully saturated rings. The van der Waals surface area contributed by atoms with Gasteiger partial charge < -0.3 is 25.4 Å². The number of imide groups is 1. The zero-order valence-electron chi connectivity index (χ0n) is 23.5. The molecule has 41 heavy (non-hydrogen) atoms. The Balaban J connectivity index is 1.21. The van der Waals surface area contributed by atoms with Crippen LogP contribution in [-0.2, 0) is 32.6 Å². The number of rotatable bonds is 18. The third-order valence-corrected chi connectivity index (χ3v) is 7.98. The van der Waals surface area contributed by atoms with E-state index in [1.165, 1.54) is 6.07 Å². The Morgan fingerprint density at radius 2 is 1.73 bits per heavy atom. The normalized spacial score (nSPS) is 14.7. The van der Waals surface area contributed by atoms with E-state index in [0.29, 0.717) is 47.3 Å². The first-order valence-corrected chi connectivity index (χ1v) is 15.8. The standard InChI is InChI=1S/C29H41N3O8S/c1-41(38,39)31-20-28(36)32(29(31)37)25-11-7-9-22(17-25)10-8-16-40-15-6-4-2-3-5-14-30-19-27(35)23-12-13-26(34)24(18-23)21-33/h7,9,11-13,17-18,27,30,33-35H,2-6,8,10,14-16,19-21H2,1H3/t27-/m0/s1. The van der Waals surface area contributed by atoms with Crippen LogP contribution < -0.4 is 10.2 Å². The summed E-state index contributed by atoms with van der Waals surface area (Å²) in [4.78, 5) is 25.6. The van der Waals surface area contributed by atoms with Gasteiger partial charge in [-0.05, 0) is 67.6 Å². The molecule has 0 spiro atoms. The van der Waals surface area contributed by atoms with E-state index < -0.39 is 34.6 Å². The number of nitrogens with one attached hydrogen (secondary N) is 1. The Labute approximate surface area is 241 Å². The molecule has 2 aromatic rings. The van der Waals surface area contributed by atoms with Gasteiger partial charge in [-0.3, -0.25) is 4.79 Å². The van der Waals surface area contributed by atoms with Crippen molar-refractivity contribution >= 4 is 27.6 Å². The second-order valence-corrected chi connectivity index (χ2v) is 12.1. The summed E-state index contributed by atoms with van der Waals surface area (Å²) in [5.74, 6) is -0.549. The van der Waals surface area contributed by atoms with Crippen LogP contribution in [0.5, 0.6) is 5.75 Å². The summed E-state index contributed by atoms with van der Waals surface area (Å²) in [6, 6.07) is 10.9. The highest BCUT2D eigenvalue weighted by Gasteiger charge is 2.41. The number of phenols is 1. The number of amides is 3. The molecular weight excluding hydrogens is 550 g/mol. The molecule has 226 valence electrons. The molecule has 3 rings (SSSR count). The first-order valence-electron chi connectivity index (χ1n) is 13.9. The largest absolute Gasteiger partial charge is 0.508 e. The van der Waals surface area contributed by atoms with E-state index in [4.69, 9.17) is 4.74 Å². The minimum Gasteiger partial charge on any atom is -0.508 e. The molecule has 0 aromatic heterocycles. The van der Waals surface area contributed by atoms with Crippen molar-refractivity contribution in [2.75, 3.05) is 44.0 Å². The number of aromatic hydroxyl groups is 1. The number of nitrogens with zero attached hydrogens (tertiary/aromatic N) is 2. The molecule has 3 amide bonds. The summed E-state index contributed by atoms with van der Waals surface area (Å²) in [5.41, 5.74) is 2.36. The smallest absolute Gasteiger partial charge is 0.345 e. The lowest BCUT2D eigenvalue weighted by atomic mass is 10.1. The van der Waals surface area contributed by atoms with Gasteiger partial charge in [0.2, 0.25) is 10.0 Å². The lowest BCUT2D eigenvalue weighted by Gasteiger charge is -2.16. The second kappa shape index (κ2) is 15.8. The molecule has 1 atom stereocenters. The highest BCUT2D eigenvalue weighted by atomic mass is 32.2. The molecule has 1 aliphatic heterocycles. The fourth-order valence-corrected chi connectivity index (χ4v) is 5.32. The predicted octanol–water partition coefficient (Wildman–Crippen LogP) is 2.84. The van der Waals surface area contributed by atoms with Crippen LogP contribution in [0.2, 0.25) is 0 Å². The van der Waals surface area contributed by atoms with Gasteiger partial charge in [0.1, 0.15) is 12.3 Å². The van der Waals surface area contributed by atoms with Gasteiger partial charge in [-0.2, -0.15) is 0 Å². The Morgan fingerprint density at radius 1 is 1.00 bits per heavy atom. The Hall–Kier alpha value is -3.03. The number of unbranched alkanes of at least 4 members (excludes halogenated alkanes) is 4. The van der Waals surface area contributed by atoms with E-state index in [1.807, 2.05) is 6.07 Å². The van der Waals surface area contributed by atoms with Crippen LogP contribution >= 0.6 is 0 Å². The van der Waals surface area contributed by atoms with Crippen molar-refractivity contribution in [2.45, 2.75) is 57.7 Å². The van der Waals surface area contributed by atoms with Gasteiger partial charge in [0.15, 0.2) is 0 Å². The van der Waals surface area contributed by atoms with Crippen LogP contribution in [0, 0.1) is 0 Å². The molecule has 0 aliphatic carbocycles. The van der Waals surface area contributed by atoms with Crippen molar-refractivity contribution in [1.29, 1.82) is 0 Å². The summed E-state index contributed by atoms with van der Waals surface area (Å²) >= 11 is 0. The number of hydrogen-bond donors (Lipinski definition) is 4. The Morgan fingerprint density at radius 3 is 2.46 bits per heavy atom. The highest BCUT2D eigenvalue weighted by molar-refractivity contribution is 7.89. The van der Waals surface area contributed by atoms with Crippen molar-refractivity contribution in [3.8, 4) is 5.75 Å². The van der Waals surface area contributed by atoms with E-state index in [1.54, 1.807) is 30.3 Å². The number of benzene rings is 2. The fourth-order valence-electron chi connectivity index (χ4n) is 4.60. The van der Waals surface area contributed by atoms with Crippen molar-refractivity contribution in [3.05, 3.63) is 59.2 Å². The third-order valence-electron chi connectivity index (χ3n) is 6.89. The number of aliphatic hydroxyl groups is 2. The molecule has 0 unspecified atom stereocenters. The SMILES string of the molecule is CS(=O)(=O)N1CC(=O)N(c2cccc(CCCOCCCCCCCNC[C@H](O)c3ccc(O)c(CO)c3)c2)C1=O. The van der Waals surface area contributed by atoms with Crippen molar-refractivity contribution in [1.82, 2.24) is 9.62 Å². The first kappa shape index (κ1) is 32.5. The minimum atomic E-state index is -3.80. The summed E-state index contributed by atoms with van der Waals surface area (Å²) in [5, 5.41) is 32.4. The fraction of sp³-hybridized carbons (Fsp3) is 0.517. The molecule has 0 saturated carbocycles. The number of anilines is 1. The van der Waals surface area contributed by atoms with E-state index in [2.05, 4.69) is 5.32 Å². The van der Waals surface area contributed by atoms with Crippen LogP contribution in [0.25, 0.3) is 0 Å². The number of hydrogen-bond acceptors (Lipinski definition) is 9. The van der Waals surface area contributed by atoms with E-state index in [0.717, 1.165) is 61.8 Å².